The summed E-state index contributed by atoms with van der Waals surface area (Å²) in [4.78, 5) is 19.6. The lowest BCUT2D eigenvalue weighted by Gasteiger charge is -2.19. The van der Waals surface area contributed by atoms with Gasteiger partial charge in [0.05, 0.1) is 11.0 Å². The minimum absolute atomic E-state index is 0.105. The van der Waals surface area contributed by atoms with Gasteiger partial charge in [-0.25, -0.2) is 4.98 Å². The second-order valence-corrected chi connectivity index (χ2v) is 4.93. The molecule has 0 atom stereocenters. The maximum atomic E-state index is 12.1. The molecule has 4 heteroatoms. The van der Waals surface area contributed by atoms with Crippen molar-refractivity contribution in [3.8, 4) is 0 Å². The number of benzene rings is 1. The van der Waals surface area contributed by atoms with E-state index in [0.29, 0.717) is 5.95 Å². The molecule has 0 aliphatic heterocycles. The van der Waals surface area contributed by atoms with Crippen LogP contribution in [0.25, 0.3) is 11.0 Å². The van der Waals surface area contributed by atoms with Crippen LogP contribution in [-0.2, 0) is 4.79 Å². The van der Waals surface area contributed by atoms with Gasteiger partial charge >= 0.3 is 0 Å². The zero-order valence-electron chi connectivity index (χ0n) is 10.3. The van der Waals surface area contributed by atoms with Crippen molar-refractivity contribution in [2.75, 3.05) is 5.32 Å². The van der Waals surface area contributed by atoms with E-state index in [0.717, 1.165) is 36.7 Å². The Kier molecular flexibility index (Phi) is 3.00. The molecular formula is C14H17N3O. The summed E-state index contributed by atoms with van der Waals surface area (Å²) in [5.41, 5.74) is 1.84. The van der Waals surface area contributed by atoms with E-state index in [4.69, 9.17) is 0 Å². The summed E-state index contributed by atoms with van der Waals surface area (Å²) in [5, 5.41) is 2.90. The highest BCUT2D eigenvalue weighted by Gasteiger charge is 2.21. The van der Waals surface area contributed by atoms with Gasteiger partial charge in [-0.1, -0.05) is 31.4 Å². The molecule has 4 nitrogen and oxygen atoms in total. The van der Waals surface area contributed by atoms with Crippen LogP contribution in [0.3, 0.4) is 0 Å². The van der Waals surface area contributed by atoms with Gasteiger partial charge in [-0.2, -0.15) is 0 Å². The van der Waals surface area contributed by atoms with Crippen LogP contribution in [0, 0.1) is 5.92 Å². The van der Waals surface area contributed by atoms with Crippen LogP contribution >= 0.6 is 0 Å². The zero-order chi connectivity index (χ0) is 12.4. The molecule has 0 unspecified atom stereocenters. The highest BCUT2D eigenvalue weighted by atomic mass is 16.2. The number of para-hydroxylation sites is 2. The number of aromatic nitrogens is 2. The number of nitrogens with zero attached hydrogens (tertiary/aromatic N) is 1. The van der Waals surface area contributed by atoms with E-state index in [-0.39, 0.29) is 11.8 Å². The number of hydrogen-bond acceptors (Lipinski definition) is 2. The van der Waals surface area contributed by atoms with Crippen LogP contribution in [-0.4, -0.2) is 15.9 Å². The largest absolute Gasteiger partial charge is 0.324 e. The molecule has 1 amide bonds. The number of carbonyl (C=O) groups is 1. The first-order valence-electron chi connectivity index (χ1n) is 6.58. The standard InChI is InChI=1S/C14H17N3O/c18-13(10-6-2-1-3-7-10)17-14-15-11-8-4-5-9-12(11)16-14/h4-5,8-10H,1-3,6-7H2,(H2,15,16,17,18). The first-order valence-corrected chi connectivity index (χ1v) is 6.58. The van der Waals surface area contributed by atoms with Gasteiger partial charge in [0, 0.05) is 5.92 Å². The van der Waals surface area contributed by atoms with Crippen molar-refractivity contribution in [2.24, 2.45) is 5.92 Å². The molecule has 1 aromatic carbocycles. The van der Waals surface area contributed by atoms with E-state index in [1.54, 1.807) is 0 Å². The zero-order valence-corrected chi connectivity index (χ0v) is 10.3. The summed E-state index contributed by atoms with van der Waals surface area (Å²) >= 11 is 0. The normalized spacial score (nSPS) is 16.9. The fourth-order valence-corrected chi connectivity index (χ4v) is 2.60. The van der Waals surface area contributed by atoms with Crippen LogP contribution in [0.4, 0.5) is 5.95 Å². The fraction of sp³-hybridized carbons (Fsp3) is 0.429. The Morgan fingerprint density at radius 2 is 2.00 bits per heavy atom. The van der Waals surface area contributed by atoms with Crippen LogP contribution in [0.15, 0.2) is 24.3 Å². The minimum Gasteiger partial charge on any atom is -0.324 e. The Morgan fingerprint density at radius 1 is 1.22 bits per heavy atom. The Bertz CT molecular complexity index is 522. The number of fused-ring (bicyclic) bond motifs is 1. The smallest absolute Gasteiger partial charge is 0.229 e. The summed E-state index contributed by atoms with van der Waals surface area (Å²) in [5.74, 6) is 0.826. The van der Waals surface area contributed by atoms with Gasteiger partial charge in [0.2, 0.25) is 11.9 Å². The van der Waals surface area contributed by atoms with Gasteiger partial charge in [0.25, 0.3) is 0 Å². The molecule has 3 rings (SSSR count). The number of rotatable bonds is 2. The molecule has 2 N–H and O–H groups in total. The van der Waals surface area contributed by atoms with Gasteiger partial charge in [0.15, 0.2) is 0 Å². The van der Waals surface area contributed by atoms with Crippen LogP contribution in [0.2, 0.25) is 0 Å². The molecule has 1 heterocycles. The quantitative estimate of drug-likeness (QED) is 0.851. The predicted molar refractivity (Wildman–Crippen MR) is 71.3 cm³/mol. The molecule has 1 aliphatic carbocycles. The number of hydrogen-bond donors (Lipinski definition) is 2. The number of anilines is 1. The number of H-pyrrole nitrogens is 1. The third-order valence-electron chi connectivity index (χ3n) is 3.61. The maximum absolute atomic E-state index is 12.1. The van der Waals surface area contributed by atoms with E-state index in [1.807, 2.05) is 24.3 Å². The van der Waals surface area contributed by atoms with Crippen LogP contribution < -0.4 is 5.32 Å². The average molecular weight is 243 g/mol. The second-order valence-electron chi connectivity index (χ2n) is 4.93. The molecule has 0 spiro atoms. The Hall–Kier alpha value is -1.84. The number of nitrogens with one attached hydrogen (secondary N) is 2. The molecule has 18 heavy (non-hydrogen) atoms. The van der Waals surface area contributed by atoms with E-state index in [9.17, 15) is 4.79 Å². The molecule has 1 aromatic heterocycles. The Balaban J connectivity index is 1.73. The summed E-state index contributed by atoms with van der Waals surface area (Å²) < 4.78 is 0. The van der Waals surface area contributed by atoms with Gasteiger partial charge in [-0.15, -0.1) is 0 Å². The van der Waals surface area contributed by atoms with Crippen LogP contribution in [0.1, 0.15) is 32.1 Å². The Morgan fingerprint density at radius 3 is 2.78 bits per heavy atom. The van der Waals surface area contributed by atoms with Crippen molar-refractivity contribution in [1.82, 2.24) is 9.97 Å². The molecular weight excluding hydrogens is 226 g/mol. The van der Waals surface area contributed by atoms with Gasteiger partial charge in [-0.3, -0.25) is 10.1 Å². The van der Waals surface area contributed by atoms with Gasteiger partial charge in [-0.05, 0) is 25.0 Å². The molecule has 94 valence electrons. The fourth-order valence-electron chi connectivity index (χ4n) is 2.60. The first kappa shape index (κ1) is 11.3. The molecule has 0 radical (unpaired) electrons. The van der Waals surface area contributed by atoms with Crippen molar-refractivity contribution in [3.05, 3.63) is 24.3 Å². The SMILES string of the molecule is O=C(Nc1nc2ccccc2[nH]1)C1CCCCC1. The van der Waals surface area contributed by atoms with Crippen LogP contribution in [0.5, 0.6) is 0 Å². The number of carbonyl (C=O) groups excluding carboxylic acids is 1. The van der Waals surface area contributed by atoms with Crippen molar-refractivity contribution < 1.29 is 4.79 Å². The predicted octanol–water partition coefficient (Wildman–Crippen LogP) is 3.08. The molecule has 2 aromatic rings. The second kappa shape index (κ2) is 4.80. The summed E-state index contributed by atoms with van der Waals surface area (Å²) in [6.45, 7) is 0. The minimum atomic E-state index is 0.105. The maximum Gasteiger partial charge on any atom is 0.229 e. The topological polar surface area (TPSA) is 57.8 Å². The molecule has 0 saturated heterocycles. The van der Waals surface area contributed by atoms with E-state index in [2.05, 4.69) is 15.3 Å². The summed E-state index contributed by atoms with van der Waals surface area (Å²) in [6.07, 6.45) is 5.60. The summed E-state index contributed by atoms with van der Waals surface area (Å²) in [6, 6.07) is 7.78. The monoisotopic (exact) mass is 243 g/mol. The lowest BCUT2D eigenvalue weighted by atomic mass is 9.89. The van der Waals surface area contributed by atoms with Gasteiger partial charge < -0.3 is 4.98 Å². The van der Waals surface area contributed by atoms with Gasteiger partial charge in [0.1, 0.15) is 0 Å². The molecule has 0 bridgehead atoms. The molecule has 1 fully saturated rings. The van der Waals surface area contributed by atoms with E-state index < -0.39 is 0 Å². The lowest BCUT2D eigenvalue weighted by molar-refractivity contribution is -0.120. The molecule has 1 saturated carbocycles. The third kappa shape index (κ3) is 2.23. The number of aromatic amines is 1. The first-order chi connectivity index (χ1) is 8.83. The lowest BCUT2D eigenvalue weighted by Crippen LogP contribution is -2.25. The highest BCUT2D eigenvalue weighted by Crippen LogP contribution is 2.24. The molecule has 1 aliphatic rings. The van der Waals surface area contributed by atoms with E-state index >= 15 is 0 Å². The average Bonchev–Trinajstić information content (AvgIpc) is 2.82. The van der Waals surface area contributed by atoms with E-state index in [1.165, 1.54) is 6.42 Å². The van der Waals surface area contributed by atoms with Crippen molar-refractivity contribution in [2.45, 2.75) is 32.1 Å². The number of amides is 1. The number of imidazole rings is 1. The highest BCUT2D eigenvalue weighted by molar-refractivity contribution is 5.92. The third-order valence-corrected chi connectivity index (χ3v) is 3.61. The summed E-state index contributed by atoms with van der Waals surface area (Å²) in [7, 11) is 0. The van der Waals surface area contributed by atoms with Crippen molar-refractivity contribution >= 4 is 22.9 Å². The van der Waals surface area contributed by atoms with Crippen molar-refractivity contribution in [1.29, 1.82) is 0 Å². The Labute approximate surface area is 106 Å². The van der Waals surface area contributed by atoms with Crippen molar-refractivity contribution in [3.63, 3.8) is 0 Å².